The van der Waals surface area contributed by atoms with Crippen LogP contribution in [0.15, 0.2) is 36.4 Å². The summed E-state index contributed by atoms with van der Waals surface area (Å²) in [4.78, 5) is 32.0. The molecular weight excluding hydrogens is 520 g/mol. The van der Waals surface area contributed by atoms with E-state index in [-0.39, 0.29) is 62.0 Å². The maximum Gasteiger partial charge on any atom is 0.414 e. The molecule has 198 valence electrons. The number of hydrogen-bond acceptors (Lipinski definition) is 7. The first-order valence-corrected chi connectivity index (χ1v) is 11.6. The lowest BCUT2D eigenvalue weighted by atomic mass is 10.2. The number of anilines is 2. The highest BCUT2D eigenvalue weighted by Crippen LogP contribution is 2.31. The first kappa shape index (κ1) is 26.4. The van der Waals surface area contributed by atoms with Crippen LogP contribution < -0.4 is 15.1 Å². The van der Waals surface area contributed by atoms with Gasteiger partial charge in [-0.25, -0.2) is 27.4 Å². The van der Waals surface area contributed by atoms with Crippen molar-refractivity contribution in [2.45, 2.75) is 12.5 Å². The monoisotopic (exact) mass is 542 g/mol. The molecular formula is C23H22F4N4O5S. The first-order chi connectivity index (χ1) is 17.7. The smallest absolute Gasteiger partial charge is 0.414 e. The van der Waals surface area contributed by atoms with Crippen LogP contribution in [0.25, 0.3) is 0 Å². The SMILES string of the molecule is O=C(c1ccccc1O)N1CCN(c2c(F)cc(N3C[C@H](CNC(=S)C(F)F)OC3=O)cc2F)CCO1. The number of cyclic esters (lactones) is 1. The molecule has 4 rings (SSSR count). The molecule has 2 aliphatic rings. The van der Waals surface area contributed by atoms with Crippen molar-refractivity contribution in [1.82, 2.24) is 10.4 Å². The number of phenols is 1. The quantitative estimate of drug-likeness (QED) is 0.425. The van der Waals surface area contributed by atoms with Gasteiger partial charge in [0.1, 0.15) is 22.5 Å². The third kappa shape index (κ3) is 5.85. The summed E-state index contributed by atoms with van der Waals surface area (Å²) in [6.07, 6.45) is -4.60. The normalized spacial score (nSPS) is 18.1. The fourth-order valence-electron chi connectivity index (χ4n) is 3.96. The van der Waals surface area contributed by atoms with Gasteiger partial charge in [-0.1, -0.05) is 24.4 Å². The van der Waals surface area contributed by atoms with E-state index in [1.807, 2.05) is 0 Å². The number of carbonyl (C=O) groups is 2. The summed E-state index contributed by atoms with van der Waals surface area (Å²) in [5.74, 6) is -2.73. The van der Waals surface area contributed by atoms with Crippen molar-refractivity contribution in [3.63, 3.8) is 0 Å². The standard InChI is InChI=1S/C23H22F4N4O5S/c24-16-9-13(30-12-14(36-23(30)34)11-28-21(37)20(26)27)10-17(25)19(16)29-5-6-31(35-8-7-29)22(33)15-3-1-2-4-18(15)32/h1-4,9-10,14,20,32H,5-8,11-12H2,(H,28,37)/t14-/m0/s1. The zero-order valence-corrected chi connectivity index (χ0v) is 20.0. The third-order valence-corrected chi connectivity index (χ3v) is 6.07. The number of phenolic OH excluding ortho intramolecular Hbond substituents is 1. The number of hydroxylamine groups is 2. The number of benzene rings is 2. The van der Waals surface area contributed by atoms with Crippen molar-refractivity contribution in [3.8, 4) is 5.75 Å². The number of nitrogens with one attached hydrogen (secondary N) is 1. The van der Waals surface area contributed by atoms with Crippen molar-refractivity contribution in [2.24, 2.45) is 0 Å². The zero-order chi connectivity index (χ0) is 26.7. The van der Waals surface area contributed by atoms with Gasteiger partial charge >= 0.3 is 6.09 Å². The van der Waals surface area contributed by atoms with E-state index in [0.29, 0.717) is 0 Å². The zero-order valence-electron chi connectivity index (χ0n) is 19.2. The summed E-state index contributed by atoms with van der Waals surface area (Å²) in [5, 5.41) is 13.2. The Balaban J connectivity index is 1.43. The second-order valence-corrected chi connectivity index (χ2v) is 8.60. The van der Waals surface area contributed by atoms with Crippen molar-refractivity contribution >= 4 is 40.6 Å². The van der Waals surface area contributed by atoms with E-state index in [1.165, 1.54) is 17.0 Å². The Bertz CT molecular complexity index is 1180. The molecule has 2 amide bonds. The molecule has 0 spiro atoms. The van der Waals surface area contributed by atoms with Crippen LogP contribution in [-0.4, -0.2) is 79.0 Å². The lowest BCUT2D eigenvalue weighted by molar-refractivity contribution is -0.111. The number of halogens is 4. The Morgan fingerprint density at radius 1 is 1.16 bits per heavy atom. The second kappa shape index (κ2) is 11.2. The van der Waals surface area contributed by atoms with Crippen LogP contribution in [0.5, 0.6) is 5.75 Å². The topological polar surface area (TPSA) is 94.6 Å². The van der Waals surface area contributed by atoms with E-state index < -0.39 is 41.2 Å². The number of alkyl halides is 2. The summed E-state index contributed by atoms with van der Waals surface area (Å²) in [7, 11) is 0. The molecule has 37 heavy (non-hydrogen) atoms. The van der Waals surface area contributed by atoms with Crippen LogP contribution in [0.3, 0.4) is 0 Å². The minimum absolute atomic E-state index is 0.0239. The van der Waals surface area contributed by atoms with Gasteiger partial charge in [-0.2, -0.15) is 0 Å². The Kier molecular flexibility index (Phi) is 7.97. The van der Waals surface area contributed by atoms with Gasteiger partial charge < -0.3 is 20.1 Å². The molecule has 0 aromatic heterocycles. The number of carbonyl (C=O) groups excluding carboxylic acids is 2. The molecule has 0 bridgehead atoms. The number of para-hydroxylation sites is 1. The number of amides is 2. The number of rotatable bonds is 6. The van der Waals surface area contributed by atoms with Crippen LogP contribution in [-0.2, 0) is 9.57 Å². The maximum absolute atomic E-state index is 15.1. The summed E-state index contributed by atoms with van der Waals surface area (Å²) in [6.45, 7) is -0.332. The molecule has 2 heterocycles. The first-order valence-electron chi connectivity index (χ1n) is 11.2. The molecule has 0 radical (unpaired) electrons. The minimum atomic E-state index is -2.86. The Morgan fingerprint density at radius 3 is 2.54 bits per heavy atom. The molecule has 0 unspecified atom stereocenters. The van der Waals surface area contributed by atoms with Crippen molar-refractivity contribution < 1.29 is 41.8 Å². The largest absolute Gasteiger partial charge is 0.507 e. The number of thiocarbonyl (C=S) groups is 1. The predicted octanol–water partition coefficient (Wildman–Crippen LogP) is 3.07. The molecule has 2 saturated heterocycles. The molecule has 1 atom stereocenters. The van der Waals surface area contributed by atoms with Crippen LogP contribution in [0.2, 0.25) is 0 Å². The lowest BCUT2D eigenvalue weighted by Crippen LogP contribution is -2.36. The van der Waals surface area contributed by atoms with E-state index in [2.05, 4.69) is 17.5 Å². The number of aromatic hydroxyl groups is 1. The fraction of sp³-hybridized carbons (Fsp3) is 0.348. The van der Waals surface area contributed by atoms with Crippen molar-refractivity contribution in [2.75, 3.05) is 49.1 Å². The minimum Gasteiger partial charge on any atom is -0.507 e. The molecule has 2 aliphatic heterocycles. The van der Waals surface area contributed by atoms with Gasteiger partial charge in [0.05, 0.1) is 37.5 Å². The van der Waals surface area contributed by atoms with Crippen LogP contribution >= 0.6 is 12.2 Å². The molecule has 2 fully saturated rings. The van der Waals surface area contributed by atoms with Gasteiger partial charge in [0.2, 0.25) is 0 Å². The second-order valence-electron chi connectivity index (χ2n) is 8.16. The summed E-state index contributed by atoms with van der Waals surface area (Å²) < 4.78 is 60.3. The molecule has 9 nitrogen and oxygen atoms in total. The van der Waals surface area contributed by atoms with Gasteiger partial charge in [0, 0.05) is 25.2 Å². The van der Waals surface area contributed by atoms with Gasteiger partial charge in [0.15, 0.2) is 11.6 Å². The van der Waals surface area contributed by atoms with E-state index >= 15 is 8.78 Å². The predicted molar refractivity (Wildman–Crippen MR) is 128 cm³/mol. The van der Waals surface area contributed by atoms with Crippen molar-refractivity contribution in [1.29, 1.82) is 0 Å². The fourth-order valence-corrected chi connectivity index (χ4v) is 4.05. The number of ether oxygens (including phenoxy) is 1. The van der Waals surface area contributed by atoms with Gasteiger partial charge in [0.25, 0.3) is 12.3 Å². The van der Waals surface area contributed by atoms with E-state index in [0.717, 1.165) is 22.1 Å². The Hall–Kier alpha value is -3.65. The maximum atomic E-state index is 15.1. The van der Waals surface area contributed by atoms with Gasteiger partial charge in [-0.05, 0) is 12.1 Å². The Labute approximate surface area is 214 Å². The summed E-state index contributed by atoms with van der Waals surface area (Å²) in [6, 6.07) is 7.87. The van der Waals surface area contributed by atoms with E-state index in [4.69, 9.17) is 9.57 Å². The van der Waals surface area contributed by atoms with Crippen LogP contribution in [0, 0.1) is 11.6 Å². The molecule has 0 saturated carbocycles. The average molecular weight is 543 g/mol. The molecule has 2 aromatic rings. The number of nitrogens with zero attached hydrogens (tertiary/aromatic N) is 3. The summed E-state index contributed by atoms with van der Waals surface area (Å²) >= 11 is 4.48. The van der Waals surface area contributed by atoms with Crippen LogP contribution in [0.1, 0.15) is 10.4 Å². The van der Waals surface area contributed by atoms with Crippen LogP contribution in [0.4, 0.5) is 33.7 Å². The highest BCUT2D eigenvalue weighted by atomic mass is 32.1. The number of hydrogen-bond donors (Lipinski definition) is 2. The average Bonchev–Trinajstić information content (AvgIpc) is 3.06. The molecule has 0 aliphatic carbocycles. The molecule has 2 aromatic carbocycles. The third-order valence-electron chi connectivity index (χ3n) is 5.75. The summed E-state index contributed by atoms with van der Waals surface area (Å²) in [5.41, 5.74) is -0.443. The van der Waals surface area contributed by atoms with E-state index in [1.54, 1.807) is 12.1 Å². The highest BCUT2D eigenvalue weighted by molar-refractivity contribution is 7.80. The highest BCUT2D eigenvalue weighted by Gasteiger charge is 2.34. The molecule has 14 heteroatoms. The lowest BCUT2D eigenvalue weighted by Gasteiger charge is -2.24. The van der Waals surface area contributed by atoms with Gasteiger partial charge in [-0.3, -0.25) is 14.5 Å². The van der Waals surface area contributed by atoms with Crippen molar-refractivity contribution in [3.05, 3.63) is 53.6 Å². The Morgan fingerprint density at radius 2 is 1.86 bits per heavy atom. The van der Waals surface area contributed by atoms with E-state index in [9.17, 15) is 23.5 Å². The molecule has 2 N–H and O–H groups in total. The van der Waals surface area contributed by atoms with Gasteiger partial charge in [-0.15, -0.1) is 0 Å².